The minimum Gasteiger partial charge on any atom is -0.465 e. The Labute approximate surface area is 116 Å². The van der Waals surface area contributed by atoms with Crippen LogP contribution in [0.3, 0.4) is 0 Å². The van der Waals surface area contributed by atoms with Crippen LogP contribution in [-0.4, -0.2) is 22.7 Å². The first kappa shape index (κ1) is 14.7. The van der Waals surface area contributed by atoms with E-state index in [0.717, 1.165) is 4.90 Å². The van der Waals surface area contributed by atoms with Crippen LogP contribution in [0.15, 0.2) is 12.3 Å². The smallest absolute Gasteiger partial charge is 0.411 e. The highest BCUT2D eigenvalue weighted by molar-refractivity contribution is 5.90. The zero-order valence-corrected chi connectivity index (χ0v) is 11.9. The third-order valence-electron chi connectivity index (χ3n) is 3.75. The van der Waals surface area contributed by atoms with E-state index in [-0.39, 0.29) is 12.2 Å². The average Bonchev–Trinajstić information content (AvgIpc) is 2.61. The van der Waals surface area contributed by atoms with E-state index in [1.165, 1.54) is 26.1 Å². The summed E-state index contributed by atoms with van der Waals surface area (Å²) in [5, 5.41) is 9.21. The first-order valence-corrected chi connectivity index (χ1v) is 6.46. The molecule has 0 saturated carbocycles. The third-order valence-corrected chi connectivity index (χ3v) is 3.75. The van der Waals surface area contributed by atoms with Crippen LogP contribution in [0.5, 0.6) is 0 Å². The number of alkyl halides is 2. The summed E-state index contributed by atoms with van der Waals surface area (Å²) in [6.07, 6.45) is 0.242. The molecule has 4 nitrogen and oxygen atoms in total. The van der Waals surface area contributed by atoms with Gasteiger partial charge in [0.2, 0.25) is 0 Å². The Morgan fingerprint density at radius 1 is 1.50 bits per heavy atom. The number of rotatable bonds is 2. The van der Waals surface area contributed by atoms with Gasteiger partial charge in [-0.25, -0.2) is 4.79 Å². The quantitative estimate of drug-likeness (QED) is 0.902. The highest BCUT2D eigenvalue weighted by atomic mass is 19.3. The second-order valence-corrected chi connectivity index (χ2v) is 6.12. The number of carboxylic acid groups (broad SMARTS) is 1. The summed E-state index contributed by atoms with van der Waals surface area (Å²) < 4.78 is 28.1. The molecule has 0 atom stereocenters. The van der Waals surface area contributed by atoms with Crippen molar-refractivity contribution in [2.75, 3.05) is 11.4 Å². The van der Waals surface area contributed by atoms with Gasteiger partial charge in [-0.05, 0) is 6.07 Å². The molecule has 1 aromatic heterocycles. The van der Waals surface area contributed by atoms with Crippen molar-refractivity contribution in [3.8, 4) is 0 Å². The van der Waals surface area contributed by atoms with Crippen molar-refractivity contribution in [1.82, 2.24) is 4.98 Å². The fourth-order valence-corrected chi connectivity index (χ4v) is 2.40. The molecule has 1 N–H and O–H groups in total. The summed E-state index contributed by atoms with van der Waals surface area (Å²) in [4.78, 5) is 16.2. The molecule has 0 aliphatic carbocycles. The number of hydrogen-bond donors (Lipinski definition) is 1. The second-order valence-electron chi connectivity index (χ2n) is 6.12. The van der Waals surface area contributed by atoms with Gasteiger partial charge in [0.05, 0.1) is 5.69 Å². The minimum absolute atomic E-state index is 0.246. The number of fused-ring (bicyclic) bond motifs is 1. The molecule has 6 heteroatoms. The minimum atomic E-state index is -3.08. The topological polar surface area (TPSA) is 53.4 Å². The molecule has 1 amide bonds. The van der Waals surface area contributed by atoms with Crippen LogP contribution in [0.25, 0.3) is 0 Å². The van der Waals surface area contributed by atoms with Crippen LogP contribution in [0.4, 0.5) is 19.3 Å². The maximum atomic E-state index is 14.0. The first-order chi connectivity index (χ1) is 9.07. The van der Waals surface area contributed by atoms with Crippen molar-refractivity contribution in [2.45, 2.75) is 39.0 Å². The Balaban J connectivity index is 2.56. The van der Waals surface area contributed by atoms with E-state index in [0.29, 0.717) is 11.3 Å². The molecular weight excluding hydrogens is 266 g/mol. The van der Waals surface area contributed by atoms with E-state index in [2.05, 4.69) is 4.98 Å². The number of carbonyl (C=O) groups is 1. The molecule has 0 bridgehead atoms. The van der Waals surface area contributed by atoms with Crippen molar-refractivity contribution in [1.29, 1.82) is 0 Å². The van der Waals surface area contributed by atoms with Gasteiger partial charge in [-0.3, -0.25) is 9.88 Å². The van der Waals surface area contributed by atoms with Crippen molar-refractivity contribution in [3.63, 3.8) is 0 Å². The van der Waals surface area contributed by atoms with Gasteiger partial charge in [0.25, 0.3) is 5.92 Å². The number of anilines is 1. The van der Waals surface area contributed by atoms with Gasteiger partial charge in [-0.15, -0.1) is 0 Å². The number of pyridine rings is 1. The summed E-state index contributed by atoms with van der Waals surface area (Å²) in [6, 6.07) is 1.21. The van der Waals surface area contributed by atoms with Crippen molar-refractivity contribution in [3.05, 3.63) is 23.5 Å². The normalized spacial score (nSPS) is 17.4. The molecular formula is C14H18F2N2O2. The van der Waals surface area contributed by atoms with Gasteiger partial charge in [-0.1, -0.05) is 27.7 Å². The molecule has 0 fully saturated rings. The molecule has 0 radical (unpaired) electrons. The number of amides is 1. The van der Waals surface area contributed by atoms with Gasteiger partial charge in [0, 0.05) is 29.6 Å². The highest BCUT2D eigenvalue weighted by Gasteiger charge is 2.42. The second kappa shape index (κ2) is 4.40. The molecule has 1 aliphatic rings. The first-order valence-electron chi connectivity index (χ1n) is 6.46. The lowest BCUT2D eigenvalue weighted by atomic mass is 9.88. The summed E-state index contributed by atoms with van der Waals surface area (Å²) in [5.41, 5.74) is 0.193. The van der Waals surface area contributed by atoms with Crippen molar-refractivity contribution in [2.24, 2.45) is 5.92 Å². The molecule has 0 spiro atoms. The fourth-order valence-electron chi connectivity index (χ4n) is 2.40. The van der Waals surface area contributed by atoms with E-state index in [1.807, 2.05) is 13.8 Å². The van der Waals surface area contributed by atoms with E-state index < -0.39 is 23.3 Å². The lowest BCUT2D eigenvalue weighted by Gasteiger charge is -2.21. The maximum Gasteiger partial charge on any atom is 0.411 e. The Hall–Kier alpha value is -1.72. The van der Waals surface area contributed by atoms with Crippen LogP contribution in [0.1, 0.15) is 39.0 Å². The third kappa shape index (κ3) is 2.13. The van der Waals surface area contributed by atoms with Crippen LogP contribution in [-0.2, 0) is 11.3 Å². The maximum absolute atomic E-state index is 14.0. The molecule has 2 heterocycles. The molecule has 1 aliphatic heterocycles. The summed E-state index contributed by atoms with van der Waals surface area (Å²) in [5.74, 6) is -3.98. The molecule has 0 unspecified atom stereocenters. The average molecular weight is 284 g/mol. The Morgan fingerprint density at radius 2 is 2.10 bits per heavy atom. The molecule has 0 aromatic carbocycles. The number of aromatic nitrogens is 1. The molecule has 110 valence electrons. The largest absolute Gasteiger partial charge is 0.465 e. The fraction of sp³-hybridized carbons (Fsp3) is 0.571. The van der Waals surface area contributed by atoms with Crippen LogP contribution >= 0.6 is 0 Å². The Kier molecular flexibility index (Phi) is 3.23. The number of nitrogens with zero attached hydrogens (tertiary/aromatic N) is 2. The van der Waals surface area contributed by atoms with Crippen LogP contribution < -0.4 is 4.90 Å². The van der Waals surface area contributed by atoms with Crippen LogP contribution in [0, 0.1) is 5.92 Å². The van der Waals surface area contributed by atoms with Crippen molar-refractivity contribution < 1.29 is 18.7 Å². The number of hydrogen-bond acceptors (Lipinski definition) is 2. The lowest BCUT2D eigenvalue weighted by molar-refractivity contribution is -0.0554. The van der Waals surface area contributed by atoms with E-state index in [1.54, 1.807) is 0 Å². The van der Waals surface area contributed by atoms with Gasteiger partial charge in [0.1, 0.15) is 5.69 Å². The molecule has 2 rings (SSSR count). The standard InChI is InChI=1S/C14H18F2N2O2/c1-8(2)14(15,16)11-5-10-9(6-17-11)13(3,4)7-18(10)12(19)20/h5-6,8H,7H2,1-4H3,(H,19,20). The summed E-state index contributed by atoms with van der Waals surface area (Å²) in [7, 11) is 0. The monoisotopic (exact) mass is 284 g/mol. The zero-order chi connectivity index (χ0) is 15.3. The van der Waals surface area contributed by atoms with Gasteiger partial charge >= 0.3 is 6.09 Å². The van der Waals surface area contributed by atoms with Gasteiger partial charge < -0.3 is 5.11 Å². The molecule has 0 saturated heterocycles. The van der Waals surface area contributed by atoms with E-state index in [9.17, 15) is 18.7 Å². The van der Waals surface area contributed by atoms with Gasteiger partial charge in [-0.2, -0.15) is 8.78 Å². The SMILES string of the molecule is CC(C)C(F)(F)c1cc2c(cn1)C(C)(C)CN2C(=O)O. The summed E-state index contributed by atoms with van der Waals surface area (Å²) in [6.45, 7) is 6.81. The van der Waals surface area contributed by atoms with Gasteiger partial charge in [0.15, 0.2) is 0 Å². The number of halogens is 2. The molecule has 20 heavy (non-hydrogen) atoms. The summed E-state index contributed by atoms with van der Waals surface area (Å²) >= 11 is 0. The lowest BCUT2D eigenvalue weighted by Crippen LogP contribution is -2.32. The van der Waals surface area contributed by atoms with E-state index >= 15 is 0 Å². The highest BCUT2D eigenvalue weighted by Crippen LogP contribution is 2.43. The van der Waals surface area contributed by atoms with E-state index in [4.69, 9.17) is 0 Å². The van der Waals surface area contributed by atoms with Crippen LogP contribution in [0.2, 0.25) is 0 Å². The zero-order valence-electron chi connectivity index (χ0n) is 11.9. The van der Waals surface area contributed by atoms with Crippen molar-refractivity contribution >= 4 is 11.8 Å². The Morgan fingerprint density at radius 3 is 2.60 bits per heavy atom. The predicted molar refractivity (Wildman–Crippen MR) is 71.4 cm³/mol. The molecule has 1 aromatic rings. The predicted octanol–water partition coefficient (Wildman–Crippen LogP) is 3.61. The Bertz CT molecular complexity index is 556.